The minimum Gasteiger partial charge on any atom is -0.314 e. The van der Waals surface area contributed by atoms with E-state index in [1.807, 2.05) is 0 Å². The molecule has 16 heavy (non-hydrogen) atoms. The average Bonchev–Trinajstić information content (AvgIpc) is 2.95. The van der Waals surface area contributed by atoms with Crippen LogP contribution < -0.4 is 5.32 Å². The zero-order valence-electron chi connectivity index (χ0n) is 11.0. The van der Waals surface area contributed by atoms with Crippen LogP contribution in [0.25, 0.3) is 0 Å². The van der Waals surface area contributed by atoms with Gasteiger partial charge in [-0.2, -0.15) is 0 Å². The Morgan fingerprint density at radius 1 is 1.25 bits per heavy atom. The van der Waals surface area contributed by atoms with Crippen molar-refractivity contribution in [3.8, 4) is 0 Å². The van der Waals surface area contributed by atoms with Gasteiger partial charge in [-0.05, 0) is 57.5 Å². The molecule has 0 radical (unpaired) electrons. The summed E-state index contributed by atoms with van der Waals surface area (Å²) >= 11 is 0. The molecule has 0 aromatic rings. The standard InChI is InChI=1S/C14H28N2/c1-12(2)11-16(14-7-8-14)10-4-6-13-5-3-9-15-13/h12-15H,3-11H2,1-2H3. The molecule has 1 N–H and O–H groups in total. The average molecular weight is 224 g/mol. The number of rotatable bonds is 7. The predicted octanol–water partition coefficient (Wildman–Crippen LogP) is 2.64. The van der Waals surface area contributed by atoms with Crippen molar-refractivity contribution in [2.24, 2.45) is 5.92 Å². The van der Waals surface area contributed by atoms with Gasteiger partial charge in [-0.15, -0.1) is 0 Å². The van der Waals surface area contributed by atoms with Crippen LogP contribution in [0.2, 0.25) is 0 Å². The first-order valence-corrected chi connectivity index (χ1v) is 7.23. The van der Waals surface area contributed by atoms with Crippen LogP contribution in [0.5, 0.6) is 0 Å². The van der Waals surface area contributed by atoms with E-state index >= 15 is 0 Å². The van der Waals surface area contributed by atoms with Crippen molar-refractivity contribution >= 4 is 0 Å². The summed E-state index contributed by atoms with van der Waals surface area (Å²) in [6.07, 6.45) is 8.49. The van der Waals surface area contributed by atoms with Gasteiger partial charge in [-0.3, -0.25) is 0 Å². The number of nitrogens with one attached hydrogen (secondary N) is 1. The highest BCUT2D eigenvalue weighted by Crippen LogP contribution is 2.28. The van der Waals surface area contributed by atoms with E-state index in [0.29, 0.717) is 0 Å². The quantitative estimate of drug-likeness (QED) is 0.715. The van der Waals surface area contributed by atoms with Crippen molar-refractivity contribution in [1.82, 2.24) is 10.2 Å². The van der Waals surface area contributed by atoms with Crippen molar-refractivity contribution in [3.63, 3.8) is 0 Å². The van der Waals surface area contributed by atoms with E-state index in [4.69, 9.17) is 0 Å². The van der Waals surface area contributed by atoms with E-state index < -0.39 is 0 Å². The first kappa shape index (κ1) is 12.4. The molecule has 0 spiro atoms. The molecule has 2 nitrogen and oxygen atoms in total. The molecule has 2 fully saturated rings. The highest BCUT2D eigenvalue weighted by Gasteiger charge is 2.28. The summed E-state index contributed by atoms with van der Waals surface area (Å²) < 4.78 is 0. The summed E-state index contributed by atoms with van der Waals surface area (Å²) in [6.45, 7) is 8.58. The lowest BCUT2D eigenvalue weighted by atomic mass is 10.1. The Kier molecular flexibility index (Phi) is 4.66. The van der Waals surface area contributed by atoms with Crippen molar-refractivity contribution in [2.75, 3.05) is 19.6 Å². The Bertz CT molecular complexity index is 193. The van der Waals surface area contributed by atoms with Crippen molar-refractivity contribution < 1.29 is 0 Å². The highest BCUT2D eigenvalue weighted by atomic mass is 15.2. The van der Waals surface area contributed by atoms with E-state index in [1.54, 1.807) is 0 Å². The molecule has 1 aliphatic carbocycles. The summed E-state index contributed by atoms with van der Waals surface area (Å²) in [7, 11) is 0. The summed E-state index contributed by atoms with van der Waals surface area (Å²) in [6, 6.07) is 1.78. The normalized spacial score (nSPS) is 25.9. The fourth-order valence-electron chi connectivity index (χ4n) is 2.88. The first-order chi connectivity index (χ1) is 7.75. The molecule has 1 aliphatic heterocycles. The molecule has 2 heteroatoms. The van der Waals surface area contributed by atoms with Gasteiger partial charge in [0.15, 0.2) is 0 Å². The largest absolute Gasteiger partial charge is 0.314 e. The maximum absolute atomic E-state index is 3.60. The van der Waals surface area contributed by atoms with Gasteiger partial charge in [0, 0.05) is 18.6 Å². The monoisotopic (exact) mass is 224 g/mol. The lowest BCUT2D eigenvalue weighted by Crippen LogP contribution is -2.32. The molecule has 1 heterocycles. The molecule has 1 saturated heterocycles. The van der Waals surface area contributed by atoms with E-state index in [9.17, 15) is 0 Å². The lowest BCUT2D eigenvalue weighted by molar-refractivity contribution is 0.227. The number of nitrogens with zero attached hydrogens (tertiary/aromatic N) is 1. The Hall–Kier alpha value is -0.0800. The molecular formula is C14H28N2. The van der Waals surface area contributed by atoms with E-state index in [0.717, 1.165) is 18.0 Å². The number of hydrogen-bond acceptors (Lipinski definition) is 2. The van der Waals surface area contributed by atoms with Crippen LogP contribution in [0.1, 0.15) is 52.4 Å². The molecular weight excluding hydrogens is 196 g/mol. The SMILES string of the molecule is CC(C)CN(CCCC1CCCN1)C1CC1. The van der Waals surface area contributed by atoms with Gasteiger partial charge >= 0.3 is 0 Å². The van der Waals surface area contributed by atoms with Crippen LogP contribution in [0, 0.1) is 5.92 Å². The number of hydrogen-bond donors (Lipinski definition) is 1. The molecule has 2 aliphatic rings. The second kappa shape index (κ2) is 6.02. The Balaban J connectivity index is 1.61. The van der Waals surface area contributed by atoms with Gasteiger partial charge in [0.1, 0.15) is 0 Å². The molecule has 1 unspecified atom stereocenters. The minimum atomic E-state index is 0.824. The van der Waals surface area contributed by atoms with Gasteiger partial charge in [-0.1, -0.05) is 13.8 Å². The van der Waals surface area contributed by atoms with Crippen LogP contribution >= 0.6 is 0 Å². The highest BCUT2D eigenvalue weighted by molar-refractivity contribution is 4.85. The Morgan fingerprint density at radius 3 is 2.62 bits per heavy atom. The van der Waals surface area contributed by atoms with Crippen molar-refractivity contribution in [1.29, 1.82) is 0 Å². The zero-order valence-corrected chi connectivity index (χ0v) is 11.0. The van der Waals surface area contributed by atoms with E-state index in [-0.39, 0.29) is 0 Å². The van der Waals surface area contributed by atoms with Gasteiger partial charge in [-0.25, -0.2) is 0 Å². The third kappa shape index (κ3) is 4.06. The molecule has 1 saturated carbocycles. The molecule has 0 bridgehead atoms. The van der Waals surface area contributed by atoms with E-state index in [1.165, 1.54) is 58.2 Å². The topological polar surface area (TPSA) is 15.3 Å². The summed E-state index contributed by atoms with van der Waals surface area (Å²) in [5, 5.41) is 3.60. The van der Waals surface area contributed by atoms with Crippen LogP contribution in [-0.4, -0.2) is 36.6 Å². The second-order valence-corrected chi connectivity index (χ2v) is 6.06. The van der Waals surface area contributed by atoms with Gasteiger partial charge in [0.05, 0.1) is 0 Å². The smallest absolute Gasteiger partial charge is 0.00965 e. The summed E-state index contributed by atoms with van der Waals surface area (Å²) in [5.74, 6) is 0.824. The molecule has 1 atom stereocenters. The predicted molar refractivity (Wildman–Crippen MR) is 69.7 cm³/mol. The fourth-order valence-corrected chi connectivity index (χ4v) is 2.88. The molecule has 2 rings (SSSR count). The van der Waals surface area contributed by atoms with Crippen LogP contribution in [0.3, 0.4) is 0 Å². The van der Waals surface area contributed by atoms with Gasteiger partial charge < -0.3 is 10.2 Å². The van der Waals surface area contributed by atoms with Crippen LogP contribution in [0.4, 0.5) is 0 Å². The first-order valence-electron chi connectivity index (χ1n) is 7.23. The Morgan fingerprint density at radius 2 is 2.06 bits per heavy atom. The van der Waals surface area contributed by atoms with Crippen LogP contribution in [-0.2, 0) is 0 Å². The third-order valence-electron chi connectivity index (χ3n) is 3.82. The van der Waals surface area contributed by atoms with Crippen LogP contribution in [0.15, 0.2) is 0 Å². The molecule has 0 amide bonds. The van der Waals surface area contributed by atoms with Crippen molar-refractivity contribution in [2.45, 2.75) is 64.5 Å². The van der Waals surface area contributed by atoms with Gasteiger partial charge in [0.2, 0.25) is 0 Å². The maximum Gasteiger partial charge on any atom is 0.00965 e. The zero-order chi connectivity index (χ0) is 11.4. The van der Waals surface area contributed by atoms with Gasteiger partial charge in [0.25, 0.3) is 0 Å². The van der Waals surface area contributed by atoms with E-state index in [2.05, 4.69) is 24.1 Å². The molecule has 0 aromatic heterocycles. The second-order valence-electron chi connectivity index (χ2n) is 6.06. The lowest BCUT2D eigenvalue weighted by Gasteiger charge is -2.24. The fraction of sp³-hybridized carbons (Fsp3) is 1.00. The maximum atomic E-state index is 3.60. The molecule has 94 valence electrons. The third-order valence-corrected chi connectivity index (χ3v) is 3.82. The summed E-state index contributed by atoms with van der Waals surface area (Å²) in [4.78, 5) is 2.74. The minimum absolute atomic E-state index is 0.824. The Labute approximate surface area is 101 Å². The van der Waals surface area contributed by atoms with Crippen molar-refractivity contribution in [3.05, 3.63) is 0 Å². The molecule has 0 aromatic carbocycles. The summed E-state index contributed by atoms with van der Waals surface area (Å²) in [5.41, 5.74) is 0.